The highest BCUT2D eigenvalue weighted by Gasteiger charge is 2.20. The molecule has 18 heavy (non-hydrogen) atoms. The van der Waals surface area contributed by atoms with Crippen LogP contribution < -0.4 is 5.32 Å². The van der Waals surface area contributed by atoms with E-state index < -0.39 is 0 Å². The van der Waals surface area contributed by atoms with Gasteiger partial charge in [-0.25, -0.2) is 0 Å². The van der Waals surface area contributed by atoms with Crippen molar-refractivity contribution in [3.63, 3.8) is 0 Å². The number of rotatable bonds is 5. The fourth-order valence-electron chi connectivity index (χ4n) is 1.94. The summed E-state index contributed by atoms with van der Waals surface area (Å²) in [6.07, 6.45) is 4.68. The molecule has 1 N–H and O–H groups in total. The predicted molar refractivity (Wildman–Crippen MR) is 75.3 cm³/mol. The molecule has 0 aliphatic heterocycles. The molecule has 1 heterocycles. The van der Waals surface area contributed by atoms with Crippen molar-refractivity contribution in [2.24, 2.45) is 0 Å². The first kappa shape index (κ1) is 11.9. The van der Waals surface area contributed by atoms with Gasteiger partial charge in [0.05, 0.1) is 12.2 Å². The lowest BCUT2D eigenvalue weighted by Gasteiger charge is -2.03. The van der Waals surface area contributed by atoms with Crippen LogP contribution in [-0.2, 0) is 13.1 Å². The quantitative estimate of drug-likeness (QED) is 0.920. The molecule has 0 radical (unpaired) electrons. The van der Waals surface area contributed by atoms with Gasteiger partial charge in [-0.2, -0.15) is 5.10 Å². The molecule has 3 rings (SSSR count). The van der Waals surface area contributed by atoms with Crippen LogP contribution in [0.4, 0.5) is 0 Å². The van der Waals surface area contributed by atoms with Crippen LogP contribution in [-0.4, -0.2) is 15.8 Å². The molecule has 2 aromatic rings. The number of nitrogens with zero attached hydrogens (tertiary/aromatic N) is 2. The van der Waals surface area contributed by atoms with Crippen LogP contribution in [0.5, 0.6) is 0 Å². The number of halogens is 1. The van der Waals surface area contributed by atoms with Gasteiger partial charge in [-0.1, -0.05) is 28.1 Å². The van der Waals surface area contributed by atoms with Crippen LogP contribution >= 0.6 is 15.9 Å². The second-order valence-electron chi connectivity index (χ2n) is 4.79. The van der Waals surface area contributed by atoms with Crippen molar-refractivity contribution in [1.29, 1.82) is 0 Å². The second-order valence-corrected chi connectivity index (χ2v) is 5.71. The first-order valence-electron chi connectivity index (χ1n) is 6.30. The summed E-state index contributed by atoms with van der Waals surface area (Å²) in [6.45, 7) is 1.71. The molecule has 0 atom stereocenters. The smallest absolute Gasteiger partial charge is 0.0762 e. The zero-order chi connectivity index (χ0) is 12.4. The van der Waals surface area contributed by atoms with Crippen LogP contribution in [0, 0.1) is 0 Å². The van der Waals surface area contributed by atoms with Gasteiger partial charge in [-0.05, 0) is 36.6 Å². The minimum absolute atomic E-state index is 0.736. The van der Waals surface area contributed by atoms with Crippen LogP contribution in [0.3, 0.4) is 0 Å². The molecule has 94 valence electrons. The number of nitrogens with one attached hydrogen (secondary N) is 1. The highest BCUT2D eigenvalue weighted by atomic mass is 79.9. The summed E-state index contributed by atoms with van der Waals surface area (Å²) in [4.78, 5) is 0. The summed E-state index contributed by atoms with van der Waals surface area (Å²) in [5.41, 5.74) is 2.38. The van der Waals surface area contributed by atoms with Crippen molar-refractivity contribution in [1.82, 2.24) is 15.1 Å². The van der Waals surface area contributed by atoms with Gasteiger partial charge in [0, 0.05) is 23.3 Å². The Kier molecular flexibility index (Phi) is 3.48. The Morgan fingerprint density at radius 3 is 3.00 bits per heavy atom. The Morgan fingerprint density at radius 2 is 2.22 bits per heavy atom. The van der Waals surface area contributed by atoms with Crippen molar-refractivity contribution in [3.05, 3.63) is 52.3 Å². The summed E-state index contributed by atoms with van der Waals surface area (Å²) < 4.78 is 3.11. The second kappa shape index (κ2) is 5.24. The van der Waals surface area contributed by atoms with E-state index in [1.807, 2.05) is 16.9 Å². The van der Waals surface area contributed by atoms with Gasteiger partial charge >= 0.3 is 0 Å². The van der Waals surface area contributed by atoms with Crippen LogP contribution in [0.1, 0.15) is 24.1 Å². The Morgan fingerprint density at radius 1 is 1.33 bits per heavy atom. The molecule has 1 fully saturated rings. The highest BCUT2D eigenvalue weighted by Crippen LogP contribution is 2.19. The van der Waals surface area contributed by atoms with Crippen molar-refractivity contribution in [2.75, 3.05) is 0 Å². The molecule has 0 bridgehead atoms. The summed E-state index contributed by atoms with van der Waals surface area (Å²) in [7, 11) is 0. The summed E-state index contributed by atoms with van der Waals surface area (Å²) in [6, 6.07) is 11.2. The van der Waals surface area contributed by atoms with Gasteiger partial charge in [-0.15, -0.1) is 0 Å². The lowest BCUT2D eigenvalue weighted by Crippen LogP contribution is -2.16. The van der Waals surface area contributed by atoms with E-state index in [0.29, 0.717) is 0 Å². The van der Waals surface area contributed by atoms with Gasteiger partial charge in [0.15, 0.2) is 0 Å². The van der Waals surface area contributed by atoms with Gasteiger partial charge in [0.1, 0.15) is 0 Å². The van der Waals surface area contributed by atoms with E-state index in [-0.39, 0.29) is 0 Å². The number of hydrogen-bond acceptors (Lipinski definition) is 2. The average Bonchev–Trinajstić information content (AvgIpc) is 3.08. The van der Waals surface area contributed by atoms with Crippen LogP contribution in [0.25, 0.3) is 0 Å². The Hall–Kier alpha value is -1.13. The molecule has 0 amide bonds. The van der Waals surface area contributed by atoms with E-state index in [4.69, 9.17) is 0 Å². The van der Waals surface area contributed by atoms with Crippen LogP contribution in [0.2, 0.25) is 0 Å². The van der Waals surface area contributed by atoms with Crippen molar-refractivity contribution in [2.45, 2.75) is 32.0 Å². The predicted octanol–water partition coefficient (Wildman–Crippen LogP) is 2.95. The molecular weight excluding hydrogens is 290 g/mol. The van der Waals surface area contributed by atoms with E-state index >= 15 is 0 Å². The largest absolute Gasteiger partial charge is 0.308 e. The molecule has 3 nitrogen and oxygen atoms in total. The lowest BCUT2D eigenvalue weighted by molar-refractivity contribution is 0.631. The fourth-order valence-corrected chi connectivity index (χ4v) is 2.39. The van der Waals surface area contributed by atoms with Gasteiger partial charge in [-0.3, -0.25) is 4.68 Å². The van der Waals surface area contributed by atoms with E-state index in [2.05, 4.69) is 50.6 Å². The first-order chi connectivity index (χ1) is 8.79. The SMILES string of the molecule is Brc1cccc(Cn2ccc(CNC3CC3)n2)c1. The zero-order valence-corrected chi connectivity index (χ0v) is 11.7. The van der Waals surface area contributed by atoms with Crippen molar-refractivity contribution >= 4 is 15.9 Å². The van der Waals surface area contributed by atoms with Gasteiger partial charge in [0.25, 0.3) is 0 Å². The van der Waals surface area contributed by atoms with Gasteiger partial charge < -0.3 is 5.32 Å². The Bertz CT molecular complexity index is 531. The third-order valence-corrected chi connectivity index (χ3v) is 3.57. The van der Waals surface area contributed by atoms with E-state index in [9.17, 15) is 0 Å². The Labute approximate surface area is 115 Å². The topological polar surface area (TPSA) is 29.9 Å². The maximum atomic E-state index is 4.57. The number of benzene rings is 1. The highest BCUT2D eigenvalue weighted by molar-refractivity contribution is 9.10. The molecule has 1 aliphatic rings. The molecule has 0 spiro atoms. The average molecular weight is 306 g/mol. The number of hydrogen-bond donors (Lipinski definition) is 1. The first-order valence-corrected chi connectivity index (χ1v) is 7.09. The number of aromatic nitrogens is 2. The Balaban J connectivity index is 1.61. The normalized spacial score (nSPS) is 14.9. The molecule has 1 saturated carbocycles. The third-order valence-electron chi connectivity index (χ3n) is 3.08. The summed E-state index contributed by atoms with van der Waals surface area (Å²) in [5.74, 6) is 0. The maximum Gasteiger partial charge on any atom is 0.0762 e. The molecule has 0 unspecified atom stereocenters. The molecular formula is C14H16BrN3. The minimum Gasteiger partial charge on any atom is -0.308 e. The maximum absolute atomic E-state index is 4.57. The zero-order valence-electron chi connectivity index (χ0n) is 10.1. The molecule has 1 aromatic heterocycles. The molecule has 1 aromatic carbocycles. The summed E-state index contributed by atoms with van der Waals surface area (Å²) in [5, 5.41) is 8.05. The van der Waals surface area contributed by atoms with E-state index in [0.717, 1.165) is 29.3 Å². The van der Waals surface area contributed by atoms with Crippen molar-refractivity contribution < 1.29 is 0 Å². The monoisotopic (exact) mass is 305 g/mol. The summed E-state index contributed by atoms with van der Waals surface area (Å²) >= 11 is 3.49. The lowest BCUT2D eigenvalue weighted by atomic mass is 10.2. The third kappa shape index (κ3) is 3.21. The fraction of sp³-hybridized carbons (Fsp3) is 0.357. The van der Waals surface area contributed by atoms with E-state index in [1.54, 1.807) is 0 Å². The molecule has 4 heteroatoms. The molecule has 0 saturated heterocycles. The standard InChI is InChI=1S/C14H16BrN3/c15-12-3-1-2-11(8-12)10-18-7-6-14(17-18)9-16-13-4-5-13/h1-3,6-8,13,16H,4-5,9-10H2. The molecule has 1 aliphatic carbocycles. The minimum atomic E-state index is 0.736. The van der Waals surface area contributed by atoms with Gasteiger partial charge in [0.2, 0.25) is 0 Å². The van der Waals surface area contributed by atoms with Crippen LogP contribution in [0.15, 0.2) is 41.0 Å². The van der Waals surface area contributed by atoms with Crippen molar-refractivity contribution in [3.8, 4) is 0 Å². The van der Waals surface area contributed by atoms with E-state index in [1.165, 1.54) is 18.4 Å².